The summed E-state index contributed by atoms with van der Waals surface area (Å²) in [6, 6.07) is 6.31. The van der Waals surface area contributed by atoms with Gasteiger partial charge in [0.2, 0.25) is 5.91 Å². The van der Waals surface area contributed by atoms with E-state index in [0.29, 0.717) is 24.1 Å². The molecule has 0 bridgehead atoms. The van der Waals surface area contributed by atoms with Gasteiger partial charge < -0.3 is 15.2 Å². The van der Waals surface area contributed by atoms with Crippen molar-refractivity contribution < 1.29 is 24.2 Å². The molecule has 0 saturated heterocycles. The van der Waals surface area contributed by atoms with Crippen LogP contribution in [0.25, 0.3) is 0 Å². The number of ether oxygens (including phenoxy) is 1. The van der Waals surface area contributed by atoms with Crippen LogP contribution in [-0.4, -0.2) is 30.1 Å². The van der Waals surface area contributed by atoms with Crippen LogP contribution in [0.1, 0.15) is 36.0 Å². The maximum atomic E-state index is 12.3. The molecule has 118 valence electrons. The Morgan fingerprint density at radius 1 is 1.09 bits per heavy atom. The van der Waals surface area contributed by atoms with Crippen molar-refractivity contribution in [3.8, 4) is 0 Å². The van der Waals surface area contributed by atoms with Crippen molar-refractivity contribution in [2.75, 3.05) is 12.4 Å². The fraction of sp³-hybridized carbons (Fsp3) is 0.438. The molecule has 1 aromatic rings. The number of hydrogen-bond donors (Lipinski definition) is 2. The van der Waals surface area contributed by atoms with E-state index in [0.717, 1.165) is 12.8 Å². The maximum absolute atomic E-state index is 12.3. The van der Waals surface area contributed by atoms with Crippen LogP contribution in [-0.2, 0) is 14.3 Å². The van der Waals surface area contributed by atoms with E-state index in [9.17, 15) is 19.5 Å². The minimum Gasteiger partial charge on any atom is -0.481 e. The van der Waals surface area contributed by atoms with Gasteiger partial charge in [-0.3, -0.25) is 9.59 Å². The Kier molecular flexibility index (Phi) is 5.14. The lowest BCUT2D eigenvalue weighted by atomic mass is 9.78. The fourth-order valence-electron chi connectivity index (χ4n) is 2.78. The first-order valence-corrected chi connectivity index (χ1v) is 7.25. The molecule has 22 heavy (non-hydrogen) atoms. The molecule has 1 aromatic carbocycles. The van der Waals surface area contributed by atoms with Gasteiger partial charge in [0.1, 0.15) is 0 Å². The molecule has 1 saturated carbocycles. The van der Waals surface area contributed by atoms with Crippen LogP contribution in [0, 0.1) is 11.8 Å². The lowest BCUT2D eigenvalue weighted by molar-refractivity contribution is -0.147. The van der Waals surface area contributed by atoms with E-state index < -0.39 is 23.8 Å². The molecule has 2 atom stereocenters. The molecule has 2 rings (SSSR count). The average Bonchev–Trinajstić information content (AvgIpc) is 2.54. The summed E-state index contributed by atoms with van der Waals surface area (Å²) < 4.78 is 4.60. The zero-order chi connectivity index (χ0) is 16.1. The van der Waals surface area contributed by atoms with E-state index in [4.69, 9.17) is 0 Å². The van der Waals surface area contributed by atoms with Crippen molar-refractivity contribution in [3.63, 3.8) is 0 Å². The minimum absolute atomic E-state index is 0.280. The minimum atomic E-state index is -0.916. The lowest BCUT2D eigenvalue weighted by Gasteiger charge is -2.27. The zero-order valence-corrected chi connectivity index (χ0v) is 12.4. The van der Waals surface area contributed by atoms with Crippen LogP contribution >= 0.6 is 0 Å². The number of carbonyl (C=O) groups is 3. The molecule has 0 aromatic heterocycles. The molecule has 0 heterocycles. The molecule has 6 heteroatoms. The van der Waals surface area contributed by atoms with Crippen molar-refractivity contribution >= 4 is 23.5 Å². The second-order valence-corrected chi connectivity index (χ2v) is 5.39. The topological polar surface area (TPSA) is 92.7 Å². The number of esters is 1. The van der Waals surface area contributed by atoms with E-state index in [1.807, 2.05) is 0 Å². The monoisotopic (exact) mass is 305 g/mol. The highest BCUT2D eigenvalue weighted by molar-refractivity contribution is 5.96. The summed E-state index contributed by atoms with van der Waals surface area (Å²) in [5.74, 6) is -2.77. The summed E-state index contributed by atoms with van der Waals surface area (Å²) in [7, 11) is 1.30. The molecule has 0 spiro atoms. The Hall–Kier alpha value is -2.37. The second kappa shape index (κ2) is 7.06. The van der Waals surface area contributed by atoms with Crippen LogP contribution in [0.3, 0.4) is 0 Å². The predicted molar refractivity (Wildman–Crippen MR) is 79.5 cm³/mol. The molecule has 1 amide bonds. The Morgan fingerprint density at radius 2 is 1.68 bits per heavy atom. The Labute approximate surface area is 128 Å². The number of methoxy groups -OCH3 is 1. The predicted octanol–water partition coefficient (Wildman–Crippen LogP) is 2.30. The number of carboxylic acids is 1. The van der Waals surface area contributed by atoms with E-state index in [-0.39, 0.29) is 5.91 Å². The Bertz CT molecular complexity index is 566. The molecule has 6 nitrogen and oxygen atoms in total. The van der Waals surface area contributed by atoms with E-state index in [1.54, 1.807) is 24.3 Å². The molecule has 1 aliphatic rings. The van der Waals surface area contributed by atoms with E-state index in [1.165, 1.54) is 7.11 Å². The van der Waals surface area contributed by atoms with E-state index in [2.05, 4.69) is 10.1 Å². The van der Waals surface area contributed by atoms with Gasteiger partial charge in [-0.25, -0.2) is 4.79 Å². The van der Waals surface area contributed by atoms with E-state index >= 15 is 0 Å². The standard InChI is InChI=1S/C16H19NO5/c1-22-16(21)10-6-8-11(9-7-10)17-14(18)12-4-2-3-5-13(12)15(19)20/h6-9,12-13H,2-5H2,1H3,(H,17,18)(H,19,20)/t12-,13+/m0/s1. The van der Waals surface area contributed by atoms with Crippen LogP contribution in [0.5, 0.6) is 0 Å². The van der Waals surface area contributed by atoms with Gasteiger partial charge in [0.25, 0.3) is 0 Å². The summed E-state index contributed by atoms with van der Waals surface area (Å²) in [5, 5.41) is 11.9. The number of rotatable bonds is 4. The molecule has 0 aliphatic heterocycles. The van der Waals surface area contributed by atoms with Gasteiger partial charge in [0, 0.05) is 5.69 Å². The van der Waals surface area contributed by atoms with Crippen LogP contribution < -0.4 is 5.32 Å². The molecular weight excluding hydrogens is 286 g/mol. The van der Waals surface area contributed by atoms with Crippen LogP contribution in [0.15, 0.2) is 24.3 Å². The van der Waals surface area contributed by atoms with Crippen LogP contribution in [0.4, 0.5) is 5.69 Å². The first-order valence-electron chi connectivity index (χ1n) is 7.25. The molecule has 1 fully saturated rings. The highest BCUT2D eigenvalue weighted by atomic mass is 16.5. The van der Waals surface area contributed by atoms with Gasteiger partial charge in [-0.15, -0.1) is 0 Å². The maximum Gasteiger partial charge on any atom is 0.337 e. The SMILES string of the molecule is COC(=O)c1ccc(NC(=O)[C@H]2CCCC[C@H]2C(=O)O)cc1. The highest BCUT2D eigenvalue weighted by Gasteiger charge is 2.35. The highest BCUT2D eigenvalue weighted by Crippen LogP contribution is 2.31. The number of nitrogens with one attached hydrogen (secondary N) is 1. The number of carboxylic acid groups (broad SMARTS) is 1. The van der Waals surface area contributed by atoms with Gasteiger partial charge >= 0.3 is 11.9 Å². The Balaban J connectivity index is 2.04. The van der Waals surface area contributed by atoms with Gasteiger partial charge in [0.05, 0.1) is 24.5 Å². The normalized spacial score (nSPS) is 21.0. The smallest absolute Gasteiger partial charge is 0.337 e. The van der Waals surface area contributed by atoms with Crippen molar-refractivity contribution in [2.45, 2.75) is 25.7 Å². The number of hydrogen-bond acceptors (Lipinski definition) is 4. The molecular formula is C16H19NO5. The number of amides is 1. The number of anilines is 1. The van der Waals surface area contributed by atoms with Crippen molar-refractivity contribution in [3.05, 3.63) is 29.8 Å². The summed E-state index contributed by atoms with van der Waals surface area (Å²) in [6.07, 6.45) is 2.83. The summed E-state index contributed by atoms with van der Waals surface area (Å²) >= 11 is 0. The molecule has 2 N–H and O–H groups in total. The third-order valence-corrected chi connectivity index (χ3v) is 3.99. The van der Waals surface area contributed by atoms with Crippen molar-refractivity contribution in [1.82, 2.24) is 0 Å². The number of aliphatic carboxylic acids is 1. The van der Waals surface area contributed by atoms with Crippen molar-refractivity contribution in [2.24, 2.45) is 11.8 Å². The summed E-state index contributed by atoms with van der Waals surface area (Å²) in [4.78, 5) is 34.9. The molecule has 0 radical (unpaired) electrons. The van der Waals surface area contributed by atoms with Gasteiger partial charge in [0.15, 0.2) is 0 Å². The van der Waals surface area contributed by atoms with Crippen molar-refractivity contribution in [1.29, 1.82) is 0 Å². The summed E-state index contributed by atoms with van der Waals surface area (Å²) in [6.45, 7) is 0. The largest absolute Gasteiger partial charge is 0.481 e. The first-order chi connectivity index (χ1) is 10.5. The number of benzene rings is 1. The lowest BCUT2D eigenvalue weighted by Crippen LogP contribution is -2.36. The quantitative estimate of drug-likeness (QED) is 0.833. The summed E-state index contributed by atoms with van der Waals surface area (Å²) in [5.41, 5.74) is 0.925. The van der Waals surface area contributed by atoms with Gasteiger partial charge in [-0.05, 0) is 37.1 Å². The third-order valence-electron chi connectivity index (χ3n) is 3.99. The second-order valence-electron chi connectivity index (χ2n) is 5.39. The zero-order valence-electron chi connectivity index (χ0n) is 12.4. The molecule has 0 unspecified atom stereocenters. The fourth-order valence-corrected chi connectivity index (χ4v) is 2.78. The number of carbonyl (C=O) groups excluding carboxylic acids is 2. The average molecular weight is 305 g/mol. The van der Waals surface area contributed by atoms with Gasteiger partial charge in [-0.2, -0.15) is 0 Å². The Morgan fingerprint density at radius 3 is 2.23 bits per heavy atom. The van der Waals surface area contributed by atoms with Crippen LogP contribution in [0.2, 0.25) is 0 Å². The van der Waals surface area contributed by atoms with Gasteiger partial charge in [-0.1, -0.05) is 12.8 Å². The molecule has 1 aliphatic carbocycles. The first kappa shape index (κ1) is 16.0. The third kappa shape index (κ3) is 3.63.